The van der Waals surface area contributed by atoms with E-state index in [2.05, 4.69) is 91.3 Å². The number of carbonyl (C=O) groups excluding carboxylic acids is 4. The van der Waals surface area contributed by atoms with Gasteiger partial charge in [0.25, 0.3) is 0 Å². The molecule has 18 nitrogen and oxygen atoms in total. The van der Waals surface area contributed by atoms with Crippen molar-refractivity contribution < 1.29 is 94.5 Å². The third-order valence-corrected chi connectivity index (χ3v) is 33.3. The Morgan fingerprint density at radius 1 is 0.500 bits per heavy atom. The maximum Gasteiger partial charge on any atom is 0.490 e. The number of nitrogens with one attached hydrogen (secondary N) is 2. The van der Waals surface area contributed by atoms with Crippen molar-refractivity contribution in [2.75, 3.05) is 0 Å². The zero-order valence-electron chi connectivity index (χ0n) is 72.8. The lowest BCUT2D eigenvalue weighted by atomic mass is 9.43. The highest BCUT2D eigenvalue weighted by atomic mass is 19.4. The Labute approximate surface area is 710 Å². The molecule has 8 aliphatic carbocycles. The number of H-pyrrole nitrogens is 2. The first kappa shape index (κ1) is 88.2. The van der Waals surface area contributed by atoms with Gasteiger partial charge in [-0.1, -0.05) is 93.5 Å². The predicted octanol–water partition coefficient (Wildman–Crippen LogP) is 21.6. The minimum absolute atomic E-state index is 0.105. The summed E-state index contributed by atoms with van der Waals surface area (Å²) >= 11 is 0. The number of aromatic nitrogens is 4. The van der Waals surface area contributed by atoms with Crippen LogP contribution in [0.5, 0.6) is 0 Å². The molecule has 5 heterocycles. The van der Waals surface area contributed by atoms with Crippen LogP contribution in [0.15, 0.2) is 60.7 Å². The minimum Gasteiger partial charge on any atom is -0.481 e. The van der Waals surface area contributed by atoms with Crippen molar-refractivity contribution >= 4 is 80.2 Å². The number of esters is 4. The Bertz CT molecular complexity index is 4930. The number of carboxylic acid groups (broad SMARTS) is 2. The average molecular weight is 1690 g/mol. The van der Waals surface area contributed by atoms with Gasteiger partial charge in [0.2, 0.25) is 0 Å². The van der Waals surface area contributed by atoms with Gasteiger partial charge in [-0.2, -0.15) is 26.3 Å². The molecule has 0 unspecified atom stereocenters. The zero-order chi connectivity index (χ0) is 87.8. The summed E-state index contributed by atoms with van der Waals surface area (Å²) in [5.74, 6) is -10.6. The van der Waals surface area contributed by atoms with E-state index in [1.807, 2.05) is 64.1 Å². The number of benzene rings is 2. The van der Waals surface area contributed by atoms with E-state index in [4.69, 9.17) is 28.9 Å². The molecule has 0 amide bonds. The number of carboxylic acids is 2. The quantitative estimate of drug-likeness (QED) is 0.0240. The highest BCUT2D eigenvalue weighted by Gasteiger charge is 2.70. The molecule has 0 spiro atoms. The smallest absolute Gasteiger partial charge is 0.481 e. The Hall–Kier alpha value is -8.64. The molecular formula is C98H120F6N4O14. The summed E-state index contributed by atoms with van der Waals surface area (Å²) in [7, 11) is 0. The molecule has 8 saturated carbocycles. The highest BCUT2D eigenvalue weighted by Crippen LogP contribution is 2.72. The second kappa shape index (κ2) is 33.0. The number of allylic oxidation sites excluding steroid dienone is 4. The van der Waals surface area contributed by atoms with Gasteiger partial charge in [0, 0.05) is 45.8 Å². The molecule has 22 atom stereocenters. The van der Waals surface area contributed by atoms with Crippen molar-refractivity contribution in [2.45, 2.75) is 287 Å². The maximum absolute atomic E-state index is 15.0. The molecule has 24 heteroatoms. The Balaban J connectivity index is 0.736. The molecule has 8 fully saturated rings. The van der Waals surface area contributed by atoms with Crippen molar-refractivity contribution in [1.29, 1.82) is 0 Å². The van der Waals surface area contributed by atoms with Crippen molar-refractivity contribution in [1.82, 2.24) is 19.9 Å². The van der Waals surface area contributed by atoms with Crippen LogP contribution in [0.1, 0.15) is 277 Å². The Morgan fingerprint density at radius 2 is 0.877 bits per heavy atom. The van der Waals surface area contributed by atoms with Crippen LogP contribution in [0, 0.1) is 107 Å². The fraction of sp³-hybridized carbons (Fsp3) is 0.612. The van der Waals surface area contributed by atoms with E-state index in [1.54, 1.807) is 12.1 Å². The molecule has 658 valence electrons. The van der Waals surface area contributed by atoms with Gasteiger partial charge < -0.3 is 49.3 Å². The number of aryl methyl sites for hydroxylation is 4. The van der Waals surface area contributed by atoms with Gasteiger partial charge in [-0.05, 0) is 330 Å². The average Bonchev–Trinajstić information content (AvgIpc) is 1.40. The molecule has 6 N–H and O–H groups in total. The normalized spacial score (nSPS) is 32.2. The van der Waals surface area contributed by atoms with Crippen LogP contribution in [0.25, 0.3) is 66.6 Å². The summed E-state index contributed by atoms with van der Waals surface area (Å²) < 4.78 is 110. The lowest BCUT2D eigenvalue weighted by molar-refractivity contribution is -0.239. The number of fused-ring (bicyclic) bond motifs is 18. The van der Waals surface area contributed by atoms with Crippen molar-refractivity contribution in [3.05, 3.63) is 117 Å². The van der Waals surface area contributed by atoms with Crippen LogP contribution in [-0.2, 0) is 51.0 Å². The predicted molar refractivity (Wildman–Crippen MR) is 452 cm³/mol. The van der Waals surface area contributed by atoms with Gasteiger partial charge in [0.15, 0.2) is 0 Å². The van der Waals surface area contributed by atoms with Gasteiger partial charge >= 0.3 is 48.2 Å². The van der Waals surface area contributed by atoms with Gasteiger partial charge in [-0.3, -0.25) is 9.59 Å². The van der Waals surface area contributed by atoms with Gasteiger partial charge in [0.05, 0.1) is 57.1 Å². The van der Waals surface area contributed by atoms with E-state index in [1.165, 1.54) is 0 Å². The van der Waals surface area contributed by atoms with Crippen LogP contribution in [0.4, 0.5) is 26.3 Å². The Kier molecular flexibility index (Phi) is 23.9. The third kappa shape index (κ3) is 15.1. The molecule has 0 radical (unpaired) electrons. The minimum atomic E-state index is -5.23. The fourth-order valence-corrected chi connectivity index (χ4v) is 27.2. The third-order valence-electron chi connectivity index (χ3n) is 33.3. The van der Waals surface area contributed by atoms with Gasteiger partial charge in [-0.15, -0.1) is 0 Å². The molecule has 2 aromatic carbocycles. The van der Waals surface area contributed by atoms with E-state index in [0.29, 0.717) is 138 Å². The van der Waals surface area contributed by atoms with E-state index in [0.717, 1.165) is 101 Å². The number of aliphatic carboxylic acids is 2. The Morgan fingerprint density at radius 3 is 1.22 bits per heavy atom. The molecular weight excluding hydrogens is 1570 g/mol. The van der Waals surface area contributed by atoms with Crippen molar-refractivity contribution in [2.24, 2.45) is 92.7 Å². The monoisotopic (exact) mass is 1690 g/mol. The van der Waals surface area contributed by atoms with E-state index in [-0.39, 0.29) is 96.7 Å². The van der Waals surface area contributed by atoms with Crippen molar-refractivity contribution in [3.8, 4) is 22.3 Å². The van der Waals surface area contributed by atoms with Crippen LogP contribution in [0.3, 0.4) is 0 Å². The summed E-state index contributed by atoms with van der Waals surface area (Å²) in [5, 5.41) is 44.1. The first-order chi connectivity index (χ1) is 57.6. The highest BCUT2D eigenvalue weighted by molar-refractivity contribution is 6.05. The van der Waals surface area contributed by atoms with Crippen LogP contribution < -0.4 is 0 Å². The van der Waals surface area contributed by atoms with Crippen LogP contribution >= 0.6 is 0 Å². The molecule has 122 heavy (non-hydrogen) atoms. The van der Waals surface area contributed by atoms with Crippen LogP contribution in [0.2, 0.25) is 0 Å². The van der Waals surface area contributed by atoms with E-state index >= 15 is 9.59 Å². The molecule has 5 aromatic rings. The number of alkyl halides is 6. The number of aliphatic hydroxyl groups excluding tert-OH is 2. The number of nitrogens with zero attached hydrogens (tertiary/aromatic N) is 2. The molecule has 8 bridgehead atoms. The first-order valence-corrected chi connectivity index (χ1v) is 44.8. The summed E-state index contributed by atoms with van der Waals surface area (Å²) in [6.45, 7) is 28.8. The number of hydrogen-bond acceptors (Lipinski definition) is 14. The second-order valence-corrected chi connectivity index (χ2v) is 38.9. The SMILES string of the molecule is CCC1=C(C)c2nc1cc1[nH]c(c(C)c1CC)c(-c1cccc(C(=O)O[C@@H]3CC[C@@]4(C)[C@@H](C3)C[C@@H](O)[C@@H]3[C@@H]4C[C@H](OC(=O)C(F)(F)F)[C@]4(C)[C@@H]([C@H](C)CCC(=O)O)CC[C@@H]34)c1)c1nc(cc3[nH]c(c(C)c3CC)c2-c2cccc(C(=O)O[C@@H]3CC[C@@]4(C)[C@@H](C3)C[C@@H](O)[C@@H]3[C@@H]4C[C@H](OC(=O)C(F)(F)F)[C@]4(C)[C@@H]([C@H](C)CCC(=O)O)CC[C@@H]34)c2)C(CC)=C1C. The summed E-state index contributed by atoms with van der Waals surface area (Å²) in [5.41, 5.74) is 15.0. The summed E-state index contributed by atoms with van der Waals surface area (Å²) in [6.07, 6.45) is -6.32. The lowest BCUT2D eigenvalue weighted by Crippen LogP contribution is -2.63. The van der Waals surface area contributed by atoms with Crippen molar-refractivity contribution in [3.63, 3.8) is 0 Å². The van der Waals surface area contributed by atoms with Gasteiger partial charge in [-0.25, -0.2) is 29.1 Å². The lowest BCUT2D eigenvalue weighted by Gasteiger charge is -2.64. The number of rotatable bonds is 20. The molecule has 15 rings (SSSR count). The standard InChI is InChI=1S/C98H120F6N4O14/c1-15-61-49(7)85-81(53-21-19-23-55(37-53)89(115)119-59-33-35-93(11)57(39-59)41-75(109)83-67-29-27-65(47(5)25-31-79(111)112)95(67,13)77(43-69(83)93)121-91(117)97(99,100)101)86-51(9)63(17-3)73(107-86)46-74-64(18-4)52(10)88(108-74)82(87-50(8)62(16-2)72(106-87)45-71(61)105-85)54-22-20-24-56(38-54)90(116)120-60-34-36-94(12)58(40-60)42-76(110)84-68-30-28-66(48(6)26-32-80(113)114)96(68,14)78(44-70(84)94)122-92(118)98(102,103)104/h19-24,37-38,45-48,57-60,65-70,75-78,83-84,105,108-110H,15-18,25-36,39-44H2,1-14H3,(H,111,112)(H,113,114)/t47-,48-,57+,58+,59-,60-,65-,66-,67+,68+,69+,70+,75-,76-,77+,78+,83+,84+,93+,94+,95-,96-/m1/s1. The van der Waals surface area contributed by atoms with Gasteiger partial charge in [0.1, 0.15) is 24.4 Å². The number of aromatic amines is 2. The second-order valence-electron chi connectivity index (χ2n) is 38.9. The number of carbonyl (C=O) groups is 6. The number of ether oxygens (including phenoxy) is 4. The first-order valence-electron chi connectivity index (χ1n) is 44.8. The van der Waals surface area contributed by atoms with E-state index in [9.17, 15) is 65.9 Å². The van der Waals surface area contributed by atoms with Crippen LogP contribution in [-0.4, -0.2) is 125 Å². The fourth-order valence-electron chi connectivity index (χ4n) is 27.2. The zero-order valence-corrected chi connectivity index (χ0v) is 72.8. The maximum atomic E-state index is 15.0. The summed E-state index contributed by atoms with van der Waals surface area (Å²) in [4.78, 5) is 98.5. The topological polar surface area (TPSA) is 278 Å². The molecule has 3 aromatic heterocycles. The number of halogens is 6. The number of aliphatic hydroxyl groups is 2. The molecule has 0 saturated heterocycles. The molecule has 10 aliphatic rings. The summed E-state index contributed by atoms with van der Waals surface area (Å²) in [6, 6.07) is 19.1. The number of hydrogen-bond donors (Lipinski definition) is 6. The molecule has 2 aliphatic heterocycles. The van der Waals surface area contributed by atoms with E-state index < -0.39 is 106 Å². The largest absolute Gasteiger partial charge is 0.490 e.